The van der Waals surface area contributed by atoms with Crippen molar-refractivity contribution < 1.29 is 17.9 Å². The largest absolute Gasteiger partial charge is 0.457 e. The standard InChI is InChI=1S/C20H20N4O4S3/c25-18(21-15-10-11-31(26,27)13-15)12-29-20-24-23-19(30-20)22-14-6-8-17(9-7-14)28-16-4-2-1-3-5-16/h1-9,15H,10-13H2,(H,21,25)(H,22,23)/t15-/m0/s1. The Morgan fingerprint density at radius 3 is 2.55 bits per heavy atom. The van der Waals surface area contributed by atoms with Gasteiger partial charge >= 0.3 is 0 Å². The molecule has 1 fully saturated rings. The summed E-state index contributed by atoms with van der Waals surface area (Å²) in [6, 6.07) is 16.7. The van der Waals surface area contributed by atoms with Crippen LogP contribution in [0.4, 0.5) is 10.8 Å². The molecule has 0 bridgehead atoms. The van der Waals surface area contributed by atoms with Crippen molar-refractivity contribution >= 4 is 49.7 Å². The molecule has 31 heavy (non-hydrogen) atoms. The van der Waals surface area contributed by atoms with Crippen molar-refractivity contribution in [1.29, 1.82) is 0 Å². The van der Waals surface area contributed by atoms with E-state index in [1.807, 2.05) is 54.6 Å². The summed E-state index contributed by atoms with van der Waals surface area (Å²) in [6.07, 6.45) is 0.473. The van der Waals surface area contributed by atoms with Gasteiger partial charge in [-0.3, -0.25) is 4.79 Å². The van der Waals surface area contributed by atoms with Gasteiger partial charge in [0.25, 0.3) is 0 Å². The fraction of sp³-hybridized carbons (Fsp3) is 0.250. The summed E-state index contributed by atoms with van der Waals surface area (Å²) in [7, 11) is -3.01. The molecular formula is C20H20N4O4S3. The van der Waals surface area contributed by atoms with Crippen LogP contribution < -0.4 is 15.4 Å². The molecule has 1 aliphatic heterocycles. The fourth-order valence-corrected chi connectivity index (χ4v) is 6.24. The molecule has 0 spiro atoms. The summed E-state index contributed by atoms with van der Waals surface area (Å²) in [4.78, 5) is 12.0. The van der Waals surface area contributed by atoms with Crippen LogP contribution in [0.1, 0.15) is 6.42 Å². The van der Waals surface area contributed by atoms with Crippen LogP contribution in [0.2, 0.25) is 0 Å². The molecular weight excluding hydrogens is 456 g/mol. The number of ether oxygens (including phenoxy) is 1. The maximum atomic E-state index is 12.0. The topological polar surface area (TPSA) is 110 Å². The second kappa shape index (κ2) is 9.67. The van der Waals surface area contributed by atoms with E-state index >= 15 is 0 Å². The van der Waals surface area contributed by atoms with Crippen LogP contribution in [0.3, 0.4) is 0 Å². The molecule has 11 heteroatoms. The smallest absolute Gasteiger partial charge is 0.230 e. The van der Waals surface area contributed by atoms with Gasteiger partial charge in [-0.2, -0.15) is 0 Å². The Balaban J connectivity index is 1.24. The highest BCUT2D eigenvalue weighted by Crippen LogP contribution is 2.29. The number of nitrogens with one attached hydrogen (secondary N) is 2. The van der Waals surface area contributed by atoms with E-state index < -0.39 is 9.84 Å². The molecule has 3 aromatic rings. The highest BCUT2D eigenvalue weighted by molar-refractivity contribution is 8.01. The molecule has 0 unspecified atom stereocenters. The van der Waals surface area contributed by atoms with Gasteiger partial charge in [0.1, 0.15) is 11.5 Å². The molecule has 0 aliphatic carbocycles. The number of carbonyl (C=O) groups excluding carboxylic acids is 1. The van der Waals surface area contributed by atoms with Crippen LogP contribution in [0.15, 0.2) is 58.9 Å². The van der Waals surface area contributed by atoms with Crippen LogP contribution in [0.25, 0.3) is 0 Å². The first-order valence-electron chi connectivity index (χ1n) is 9.51. The third-order valence-corrected chi connectivity index (χ3v) is 8.16. The predicted molar refractivity (Wildman–Crippen MR) is 122 cm³/mol. The lowest BCUT2D eigenvalue weighted by Gasteiger charge is -2.09. The van der Waals surface area contributed by atoms with E-state index in [0.29, 0.717) is 15.9 Å². The quantitative estimate of drug-likeness (QED) is 0.476. The van der Waals surface area contributed by atoms with Gasteiger partial charge in [0.15, 0.2) is 14.2 Å². The van der Waals surface area contributed by atoms with Crippen molar-refractivity contribution in [2.24, 2.45) is 0 Å². The van der Waals surface area contributed by atoms with E-state index in [-0.39, 0.29) is 29.2 Å². The number of thioether (sulfide) groups is 1. The fourth-order valence-electron chi connectivity index (χ4n) is 2.98. The second-order valence-corrected chi connectivity index (χ2v) is 11.3. The van der Waals surface area contributed by atoms with Crippen LogP contribution in [0, 0.1) is 0 Å². The lowest BCUT2D eigenvalue weighted by molar-refractivity contribution is -0.119. The SMILES string of the molecule is O=C(CSc1nnc(Nc2ccc(Oc3ccccc3)cc2)s1)N[C@H]1CCS(=O)(=O)C1. The monoisotopic (exact) mass is 476 g/mol. The number of hydrogen-bond donors (Lipinski definition) is 2. The van der Waals surface area contributed by atoms with Gasteiger partial charge in [0.05, 0.1) is 17.3 Å². The Hall–Kier alpha value is -2.63. The third kappa shape index (κ3) is 6.42. The Labute approximate surface area is 188 Å². The lowest BCUT2D eigenvalue weighted by Crippen LogP contribution is -2.36. The van der Waals surface area contributed by atoms with Crippen molar-refractivity contribution in [2.75, 3.05) is 22.6 Å². The molecule has 1 aliphatic rings. The van der Waals surface area contributed by atoms with Gasteiger partial charge in [0.2, 0.25) is 11.0 Å². The molecule has 1 atom stereocenters. The first kappa shape index (κ1) is 21.6. The van der Waals surface area contributed by atoms with Gasteiger partial charge < -0.3 is 15.4 Å². The zero-order valence-electron chi connectivity index (χ0n) is 16.4. The number of nitrogens with zero attached hydrogens (tertiary/aromatic N) is 2. The van der Waals surface area contributed by atoms with Gasteiger partial charge in [-0.05, 0) is 42.8 Å². The van der Waals surface area contributed by atoms with Crippen molar-refractivity contribution in [3.8, 4) is 11.5 Å². The highest BCUT2D eigenvalue weighted by atomic mass is 32.2. The van der Waals surface area contributed by atoms with Crippen molar-refractivity contribution in [2.45, 2.75) is 16.8 Å². The molecule has 8 nitrogen and oxygen atoms in total. The van der Waals surface area contributed by atoms with Crippen molar-refractivity contribution in [3.05, 3.63) is 54.6 Å². The number of amides is 1. The first-order valence-corrected chi connectivity index (χ1v) is 13.1. The van der Waals surface area contributed by atoms with Crippen molar-refractivity contribution in [3.63, 3.8) is 0 Å². The minimum absolute atomic E-state index is 0.0193. The Kier molecular flexibility index (Phi) is 6.73. The molecule has 4 rings (SSSR count). The Bertz CT molecular complexity index is 1130. The molecule has 162 valence electrons. The van der Waals surface area contributed by atoms with E-state index in [9.17, 15) is 13.2 Å². The van der Waals surface area contributed by atoms with Crippen LogP contribution in [-0.2, 0) is 14.6 Å². The molecule has 2 N–H and O–H groups in total. The third-order valence-electron chi connectivity index (χ3n) is 4.42. The summed E-state index contributed by atoms with van der Waals surface area (Å²) in [5.74, 6) is 1.61. The van der Waals surface area contributed by atoms with Crippen LogP contribution in [-0.4, -0.2) is 47.8 Å². The average Bonchev–Trinajstić information content (AvgIpc) is 3.34. The van der Waals surface area contributed by atoms with Crippen LogP contribution in [0.5, 0.6) is 11.5 Å². The summed E-state index contributed by atoms with van der Waals surface area (Å²) in [5.41, 5.74) is 0.841. The van der Waals surface area contributed by atoms with Gasteiger partial charge in [-0.25, -0.2) is 8.42 Å². The Morgan fingerprint density at radius 2 is 1.84 bits per heavy atom. The first-order chi connectivity index (χ1) is 14.9. The molecule has 2 heterocycles. The predicted octanol–water partition coefficient (Wildman–Crippen LogP) is 3.47. The Morgan fingerprint density at radius 1 is 1.10 bits per heavy atom. The summed E-state index contributed by atoms with van der Waals surface area (Å²) < 4.78 is 29.4. The molecule has 2 aromatic carbocycles. The molecule has 1 saturated heterocycles. The number of anilines is 2. The molecule has 0 saturated carbocycles. The number of para-hydroxylation sites is 1. The summed E-state index contributed by atoms with van der Waals surface area (Å²) in [6.45, 7) is 0. The van der Waals surface area contributed by atoms with E-state index in [0.717, 1.165) is 17.2 Å². The zero-order chi connectivity index (χ0) is 21.7. The number of sulfone groups is 1. The maximum absolute atomic E-state index is 12.0. The van der Waals surface area contributed by atoms with Gasteiger partial charge in [0, 0.05) is 11.7 Å². The summed E-state index contributed by atoms with van der Waals surface area (Å²) >= 11 is 2.61. The number of aromatic nitrogens is 2. The summed E-state index contributed by atoms with van der Waals surface area (Å²) in [5, 5.41) is 14.7. The zero-order valence-corrected chi connectivity index (χ0v) is 18.8. The second-order valence-electron chi connectivity index (χ2n) is 6.89. The van der Waals surface area contributed by atoms with Gasteiger partial charge in [-0.1, -0.05) is 41.3 Å². The lowest BCUT2D eigenvalue weighted by atomic mass is 10.3. The normalized spacial score (nSPS) is 17.2. The molecule has 0 radical (unpaired) electrons. The number of rotatable bonds is 8. The van der Waals surface area contributed by atoms with Crippen molar-refractivity contribution in [1.82, 2.24) is 15.5 Å². The minimum atomic E-state index is -3.01. The number of hydrogen-bond acceptors (Lipinski definition) is 9. The van der Waals surface area contributed by atoms with Gasteiger partial charge in [-0.15, -0.1) is 10.2 Å². The van der Waals surface area contributed by atoms with E-state index in [1.54, 1.807) is 0 Å². The van der Waals surface area contributed by atoms with E-state index in [4.69, 9.17) is 4.74 Å². The minimum Gasteiger partial charge on any atom is -0.457 e. The van der Waals surface area contributed by atoms with E-state index in [2.05, 4.69) is 20.8 Å². The highest BCUT2D eigenvalue weighted by Gasteiger charge is 2.28. The van der Waals surface area contributed by atoms with E-state index in [1.165, 1.54) is 23.1 Å². The maximum Gasteiger partial charge on any atom is 0.230 e. The number of carbonyl (C=O) groups is 1. The number of benzene rings is 2. The molecule has 1 amide bonds. The molecule has 1 aromatic heterocycles. The average molecular weight is 477 g/mol. The van der Waals surface area contributed by atoms with Crippen LogP contribution >= 0.6 is 23.1 Å².